The van der Waals surface area contributed by atoms with Crippen LogP contribution in [0.5, 0.6) is 0 Å². The number of hydrogen-bond donors (Lipinski definition) is 0. The molecule has 1 rings (SSSR count). The van der Waals surface area contributed by atoms with Gasteiger partial charge in [-0.3, -0.25) is 0 Å². The molecule has 3 nitrogen and oxygen atoms in total. The van der Waals surface area contributed by atoms with Gasteiger partial charge in [0.05, 0.1) is 19.0 Å². The third kappa shape index (κ3) is 2.56. The van der Waals surface area contributed by atoms with Crippen molar-refractivity contribution in [1.29, 1.82) is 0 Å². The molecule has 0 saturated carbocycles. The lowest BCUT2D eigenvalue weighted by molar-refractivity contribution is 0.221. The van der Waals surface area contributed by atoms with Crippen molar-refractivity contribution in [3.63, 3.8) is 0 Å². The molecule has 1 aliphatic rings. The van der Waals surface area contributed by atoms with E-state index in [1.54, 1.807) is 0 Å². The van der Waals surface area contributed by atoms with E-state index in [4.69, 9.17) is 14.0 Å². The fourth-order valence-corrected chi connectivity index (χ4v) is 0.884. The van der Waals surface area contributed by atoms with E-state index in [2.05, 4.69) is 0 Å². The Bertz CT molecular complexity index is 141. The van der Waals surface area contributed by atoms with E-state index in [0.29, 0.717) is 13.2 Å². The predicted molar refractivity (Wildman–Crippen MR) is 42.8 cm³/mol. The van der Waals surface area contributed by atoms with Crippen molar-refractivity contribution < 1.29 is 14.0 Å². The van der Waals surface area contributed by atoms with Gasteiger partial charge in [0, 0.05) is 0 Å². The van der Waals surface area contributed by atoms with Crippen molar-refractivity contribution in [2.45, 2.75) is 20.3 Å². The highest BCUT2D eigenvalue weighted by molar-refractivity contribution is 6.37. The van der Waals surface area contributed by atoms with Crippen LogP contribution in [0.3, 0.4) is 0 Å². The molecule has 1 aliphatic heterocycles. The topological polar surface area (TPSA) is 27.7 Å². The third-order valence-electron chi connectivity index (χ3n) is 1.51. The largest absolute Gasteiger partial charge is 0.713 e. The summed E-state index contributed by atoms with van der Waals surface area (Å²) in [6.45, 7) is 5.23. The Balaban J connectivity index is 2.27. The van der Waals surface area contributed by atoms with Gasteiger partial charge in [0.1, 0.15) is 0 Å². The van der Waals surface area contributed by atoms with Crippen LogP contribution in [-0.4, -0.2) is 20.5 Å². The average Bonchev–Trinajstić information content (AvgIpc) is 2.52. The van der Waals surface area contributed by atoms with Crippen LogP contribution in [0.25, 0.3) is 0 Å². The van der Waals surface area contributed by atoms with Crippen LogP contribution in [0.1, 0.15) is 20.3 Å². The third-order valence-corrected chi connectivity index (χ3v) is 1.51. The Hall–Kier alpha value is -0.475. The average molecular weight is 156 g/mol. The summed E-state index contributed by atoms with van der Waals surface area (Å²) in [7, 11) is -0.471. The quantitative estimate of drug-likeness (QED) is 0.455. The molecule has 62 valence electrons. The zero-order valence-corrected chi connectivity index (χ0v) is 7.00. The maximum absolute atomic E-state index is 5.33. The summed E-state index contributed by atoms with van der Waals surface area (Å²) in [6.07, 6.45) is 2.80. The monoisotopic (exact) mass is 156 g/mol. The van der Waals surface area contributed by atoms with Gasteiger partial charge in [-0.15, -0.1) is 0 Å². The minimum Gasteiger partial charge on any atom is -0.516 e. The van der Waals surface area contributed by atoms with Crippen molar-refractivity contribution in [2.75, 3.05) is 13.2 Å². The van der Waals surface area contributed by atoms with E-state index in [0.717, 1.165) is 12.2 Å². The molecule has 0 aliphatic carbocycles. The highest BCUT2D eigenvalue weighted by atomic mass is 16.8. The van der Waals surface area contributed by atoms with Crippen molar-refractivity contribution in [1.82, 2.24) is 0 Å². The highest BCUT2D eigenvalue weighted by Crippen LogP contribution is 2.09. The molecule has 0 amide bonds. The van der Waals surface area contributed by atoms with E-state index in [-0.39, 0.29) is 0 Å². The fraction of sp³-hybridized carbons (Fsp3) is 0.714. The summed E-state index contributed by atoms with van der Waals surface area (Å²) in [6, 6.07) is 0. The summed E-state index contributed by atoms with van der Waals surface area (Å²) in [5.74, 6) is 0.914. The molecule has 0 aromatic rings. The molecule has 4 heteroatoms. The van der Waals surface area contributed by atoms with Crippen LogP contribution < -0.4 is 0 Å². The Kier molecular flexibility index (Phi) is 3.46. The molecule has 0 atom stereocenters. The summed E-state index contributed by atoms with van der Waals surface area (Å²) >= 11 is 0. The first-order valence-electron chi connectivity index (χ1n) is 3.92. The first-order valence-corrected chi connectivity index (χ1v) is 3.92. The molecule has 1 heterocycles. The van der Waals surface area contributed by atoms with Gasteiger partial charge in [0.2, 0.25) is 0 Å². The number of hydrogen-bond acceptors (Lipinski definition) is 3. The number of allylic oxidation sites excluding steroid dienone is 2. The van der Waals surface area contributed by atoms with E-state index in [9.17, 15) is 0 Å². The molecule has 0 bridgehead atoms. The standard InChI is InChI=1S/C7H13BO3/c1-3-7(4-2)11-8-9-5-6-10-8/h3H,4-6H2,1-2H3/b7-3-. The van der Waals surface area contributed by atoms with Gasteiger partial charge in [-0.1, -0.05) is 13.0 Å². The highest BCUT2D eigenvalue weighted by Gasteiger charge is 2.29. The number of rotatable bonds is 3. The molecule has 0 unspecified atom stereocenters. The van der Waals surface area contributed by atoms with Crippen LogP contribution in [0.4, 0.5) is 0 Å². The molecular formula is C7H13BO3. The first-order chi connectivity index (χ1) is 5.36. The lowest BCUT2D eigenvalue weighted by Gasteiger charge is -2.08. The first kappa shape index (κ1) is 8.62. The zero-order chi connectivity index (χ0) is 8.10. The Morgan fingerprint density at radius 2 is 2.18 bits per heavy atom. The van der Waals surface area contributed by atoms with E-state index >= 15 is 0 Å². The van der Waals surface area contributed by atoms with Crippen molar-refractivity contribution in [3.05, 3.63) is 11.8 Å². The molecule has 0 radical (unpaired) electrons. The molecular weight excluding hydrogens is 143 g/mol. The second kappa shape index (κ2) is 4.41. The maximum Gasteiger partial charge on any atom is 0.713 e. The molecule has 0 spiro atoms. The molecule has 0 aromatic heterocycles. The van der Waals surface area contributed by atoms with E-state index < -0.39 is 7.32 Å². The second-order valence-electron chi connectivity index (χ2n) is 2.26. The minimum atomic E-state index is -0.471. The van der Waals surface area contributed by atoms with Gasteiger partial charge >= 0.3 is 7.32 Å². The Morgan fingerprint density at radius 1 is 1.55 bits per heavy atom. The van der Waals surface area contributed by atoms with Crippen LogP contribution in [-0.2, 0) is 14.0 Å². The van der Waals surface area contributed by atoms with Gasteiger partial charge in [-0.25, -0.2) is 0 Å². The molecule has 0 N–H and O–H groups in total. The van der Waals surface area contributed by atoms with Gasteiger partial charge in [0.15, 0.2) is 0 Å². The lowest BCUT2D eigenvalue weighted by Crippen LogP contribution is -2.18. The van der Waals surface area contributed by atoms with Gasteiger partial charge in [-0.05, 0) is 13.3 Å². The second-order valence-corrected chi connectivity index (χ2v) is 2.26. The normalized spacial score (nSPS) is 19.1. The summed E-state index contributed by atoms with van der Waals surface area (Å²) in [4.78, 5) is 0. The molecule has 1 fully saturated rings. The summed E-state index contributed by atoms with van der Waals surface area (Å²) < 4.78 is 15.5. The summed E-state index contributed by atoms with van der Waals surface area (Å²) in [5, 5.41) is 0. The van der Waals surface area contributed by atoms with Crippen molar-refractivity contribution >= 4 is 7.32 Å². The molecule has 1 saturated heterocycles. The van der Waals surface area contributed by atoms with Crippen molar-refractivity contribution in [3.8, 4) is 0 Å². The molecule has 0 aromatic carbocycles. The van der Waals surface area contributed by atoms with Crippen LogP contribution in [0.2, 0.25) is 0 Å². The fourth-order valence-electron chi connectivity index (χ4n) is 0.884. The SMILES string of the molecule is C/C=C(/CC)OB1OCCO1. The van der Waals surface area contributed by atoms with Crippen LogP contribution >= 0.6 is 0 Å². The predicted octanol–water partition coefficient (Wildman–Crippen LogP) is 1.35. The summed E-state index contributed by atoms with van der Waals surface area (Å²) in [5.41, 5.74) is 0. The van der Waals surface area contributed by atoms with E-state index in [1.165, 1.54) is 0 Å². The van der Waals surface area contributed by atoms with Gasteiger partial charge in [-0.2, -0.15) is 0 Å². The maximum atomic E-state index is 5.33. The molecule has 11 heavy (non-hydrogen) atoms. The van der Waals surface area contributed by atoms with Gasteiger partial charge < -0.3 is 14.0 Å². The van der Waals surface area contributed by atoms with Crippen LogP contribution in [0.15, 0.2) is 11.8 Å². The smallest absolute Gasteiger partial charge is 0.516 e. The lowest BCUT2D eigenvalue weighted by atomic mass is 10.2. The Labute approximate surface area is 67.5 Å². The van der Waals surface area contributed by atoms with Crippen LogP contribution in [0, 0.1) is 0 Å². The van der Waals surface area contributed by atoms with Crippen molar-refractivity contribution in [2.24, 2.45) is 0 Å². The van der Waals surface area contributed by atoms with E-state index in [1.807, 2.05) is 19.9 Å². The minimum absolute atomic E-state index is 0.471. The Morgan fingerprint density at radius 3 is 2.64 bits per heavy atom. The zero-order valence-electron chi connectivity index (χ0n) is 7.00. The van der Waals surface area contributed by atoms with Gasteiger partial charge in [0.25, 0.3) is 0 Å².